The maximum Gasteiger partial charge on any atom is 0.0790 e. The van der Waals surface area contributed by atoms with E-state index in [0.29, 0.717) is 12.0 Å². The molecule has 0 spiro atoms. The van der Waals surface area contributed by atoms with Crippen molar-refractivity contribution < 1.29 is 9.57 Å². The van der Waals surface area contributed by atoms with E-state index >= 15 is 0 Å². The van der Waals surface area contributed by atoms with Crippen LogP contribution in [0.5, 0.6) is 0 Å². The van der Waals surface area contributed by atoms with Gasteiger partial charge in [0, 0.05) is 13.7 Å². The lowest BCUT2D eigenvalue weighted by Crippen LogP contribution is -2.27. The Labute approximate surface area is 80.7 Å². The average Bonchev–Trinajstić information content (AvgIpc) is 2.57. The van der Waals surface area contributed by atoms with Crippen LogP contribution < -0.4 is 5.48 Å². The molecule has 3 nitrogen and oxygen atoms in total. The lowest BCUT2D eigenvalue weighted by molar-refractivity contribution is -0.0299. The first-order valence-electron chi connectivity index (χ1n) is 5.20. The predicted molar refractivity (Wildman–Crippen MR) is 52.4 cm³/mol. The van der Waals surface area contributed by atoms with Crippen molar-refractivity contribution in [2.45, 2.75) is 38.7 Å². The summed E-state index contributed by atoms with van der Waals surface area (Å²) < 4.78 is 5.03. The van der Waals surface area contributed by atoms with Gasteiger partial charge in [-0.05, 0) is 18.8 Å². The molecule has 0 amide bonds. The standard InChI is InChI=1S/C10H21NO2/c1-9(8-12-2)7-11-13-10-5-3-4-6-10/h9-11H,3-8H2,1-2H3. The molecule has 13 heavy (non-hydrogen) atoms. The van der Waals surface area contributed by atoms with Crippen LogP contribution in [0, 0.1) is 5.92 Å². The first-order chi connectivity index (χ1) is 6.33. The van der Waals surface area contributed by atoms with Gasteiger partial charge < -0.3 is 4.74 Å². The fourth-order valence-corrected chi connectivity index (χ4v) is 1.66. The van der Waals surface area contributed by atoms with Gasteiger partial charge in [-0.3, -0.25) is 4.84 Å². The van der Waals surface area contributed by atoms with Crippen molar-refractivity contribution >= 4 is 0 Å². The lowest BCUT2D eigenvalue weighted by Gasteiger charge is -2.14. The molecule has 1 rings (SSSR count). The van der Waals surface area contributed by atoms with Crippen LogP contribution in [0.4, 0.5) is 0 Å². The summed E-state index contributed by atoms with van der Waals surface area (Å²) in [6.07, 6.45) is 5.52. The molecule has 0 aromatic rings. The Morgan fingerprint density at radius 3 is 2.69 bits per heavy atom. The van der Waals surface area contributed by atoms with E-state index in [-0.39, 0.29) is 0 Å². The Bertz CT molecular complexity index is 124. The number of hydroxylamine groups is 1. The zero-order valence-corrected chi connectivity index (χ0v) is 8.71. The molecule has 0 aromatic carbocycles. The highest BCUT2D eigenvalue weighted by Gasteiger charge is 2.15. The monoisotopic (exact) mass is 187 g/mol. The number of methoxy groups -OCH3 is 1. The Hall–Kier alpha value is -0.120. The average molecular weight is 187 g/mol. The van der Waals surface area contributed by atoms with Crippen LogP contribution in [0.2, 0.25) is 0 Å². The number of hydrogen-bond donors (Lipinski definition) is 1. The van der Waals surface area contributed by atoms with Gasteiger partial charge in [0.1, 0.15) is 0 Å². The van der Waals surface area contributed by atoms with Crippen molar-refractivity contribution in [1.82, 2.24) is 5.48 Å². The second-order valence-electron chi connectivity index (χ2n) is 3.93. The van der Waals surface area contributed by atoms with Crippen molar-refractivity contribution in [3.05, 3.63) is 0 Å². The molecule has 0 bridgehead atoms. The second kappa shape index (κ2) is 6.35. The summed E-state index contributed by atoms with van der Waals surface area (Å²) in [5, 5.41) is 0. The zero-order chi connectivity index (χ0) is 9.52. The van der Waals surface area contributed by atoms with Crippen LogP contribution in [-0.2, 0) is 9.57 Å². The third kappa shape index (κ3) is 4.60. The maximum atomic E-state index is 5.51. The quantitative estimate of drug-likeness (QED) is 0.642. The highest BCUT2D eigenvalue weighted by molar-refractivity contribution is 4.65. The van der Waals surface area contributed by atoms with E-state index < -0.39 is 0 Å². The molecule has 0 radical (unpaired) electrons. The highest BCUT2D eigenvalue weighted by atomic mass is 16.7. The van der Waals surface area contributed by atoms with Crippen molar-refractivity contribution in [3.63, 3.8) is 0 Å². The molecule has 1 atom stereocenters. The molecule has 1 saturated carbocycles. The van der Waals surface area contributed by atoms with Gasteiger partial charge in [-0.25, -0.2) is 5.48 Å². The minimum atomic E-state index is 0.453. The van der Waals surface area contributed by atoms with Gasteiger partial charge in [0.2, 0.25) is 0 Å². The van der Waals surface area contributed by atoms with E-state index in [1.54, 1.807) is 7.11 Å². The lowest BCUT2D eigenvalue weighted by atomic mass is 10.2. The van der Waals surface area contributed by atoms with Crippen LogP contribution in [0.3, 0.4) is 0 Å². The normalized spacial score (nSPS) is 20.8. The molecule has 78 valence electrons. The van der Waals surface area contributed by atoms with Gasteiger partial charge in [-0.1, -0.05) is 19.8 Å². The van der Waals surface area contributed by atoms with Gasteiger partial charge in [0.15, 0.2) is 0 Å². The van der Waals surface area contributed by atoms with E-state index in [9.17, 15) is 0 Å². The van der Waals surface area contributed by atoms with Crippen molar-refractivity contribution in [1.29, 1.82) is 0 Å². The van der Waals surface area contributed by atoms with E-state index in [4.69, 9.17) is 9.57 Å². The van der Waals surface area contributed by atoms with E-state index in [0.717, 1.165) is 13.2 Å². The molecule has 1 fully saturated rings. The minimum absolute atomic E-state index is 0.453. The smallest absolute Gasteiger partial charge is 0.0790 e. The van der Waals surface area contributed by atoms with Crippen LogP contribution >= 0.6 is 0 Å². The summed E-state index contributed by atoms with van der Waals surface area (Å²) >= 11 is 0. The zero-order valence-electron chi connectivity index (χ0n) is 8.71. The van der Waals surface area contributed by atoms with Crippen molar-refractivity contribution in [2.24, 2.45) is 5.92 Å². The molecule has 3 heteroatoms. The SMILES string of the molecule is COCC(C)CNOC1CCCC1. The summed E-state index contributed by atoms with van der Waals surface area (Å²) in [5.74, 6) is 0.520. The number of ether oxygens (including phenoxy) is 1. The predicted octanol–water partition coefficient (Wildman–Crippen LogP) is 1.73. The summed E-state index contributed by atoms with van der Waals surface area (Å²) in [5.41, 5.74) is 3.03. The Kier molecular flexibility index (Phi) is 5.35. The molecule has 0 aliphatic heterocycles. The molecule has 0 saturated heterocycles. The van der Waals surface area contributed by atoms with Crippen LogP contribution in [0.15, 0.2) is 0 Å². The molecular weight excluding hydrogens is 166 g/mol. The van der Waals surface area contributed by atoms with Gasteiger partial charge in [-0.2, -0.15) is 0 Å². The van der Waals surface area contributed by atoms with Crippen LogP contribution in [0.1, 0.15) is 32.6 Å². The van der Waals surface area contributed by atoms with Crippen LogP contribution in [0.25, 0.3) is 0 Å². The summed E-state index contributed by atoms with van der Waals surface area (Å²) in [7, 11) is 1.73. The summed E-state index contributed by atoms with van der Waals surface area (Å²) in [6.45, 7) is 3.82. The molecule has 1 N–H and O–H groups in total. The molecule has 1 unspecified atom stereocenters. The largest absolute Gasteiger partial charge is 0.384 e. The number of hydrogen-bond acceptors (Lipinski definition) is 3. The second-order valence-corrected chi connectivity index (χ2v) is 3.93. The topological polar surface area (TPSA) is 30.5 Å². The molecule has 1 aliphatic rings. The van der Waals surface area contributed by atoms with Gasteiger partial charge in [0.05, 0.1) is 12.7 Å². The fourth-order valence-electron chi connectivity index (χ4n) is 1.66. The summed E-state index contributed by atoms with van der Waals surface area (Å²) in [4.78, 5) is 5.51. The number of nitrogens with one attached hydrogen (secondary N) is 1. The van der Waals surface area contributed by atoms with Crippen LogP contribution in [-0.4, -0.2) is 26.4 Å². The first kappa shape index (κ1) is 11.0. The van der Waals surface area contributed by atoms with Gasteiger partial charge in [0.25, 0.3) is 0 Å². The molecular formula is C10H21NO2. The molecule has 0 aromatic heterocycles. The van der Waals surface area contributed by atoms with E-state index in [1.165, 1.54) is 25.7 Å². The van der Waals surface area contributed by atoms with Gasteiger partial charge >= 0.3 is 0 Å². The minimum Gasteiger partial charge on any atom is -0.384 e. The highest BCUT2D eigenvalue weighted by Crippen LogP contribution is 2.19. The van der Waals surface area contributed by atoms with E-state index in [2.05, 4.69) is 12.4 Å². The third-order valence-electron chi connectivity index (χ3n) is 2.44. The Morgan fingerprint density at radius 2 is 2.08 bits per heavy atom. The Balaban J connectivity index is 1.93. The summed E-state index contributed by atoms with van der Waals surface area (Å²) in [6, 6.07) is 0. The third-order valence-corrected chi connectivity index (χ3v) is 2.44. The first-order valence-corrected chi connectivity index (χ1v) is 5.20. The van der Waals surface area contributed by atoms with Crippen molar-refractivity contribution in [2.75, 3.05) is 20.3 Å². The maximum absolute atomic E-state index is 5.51. The molecule has 1 aliphatic carbocycles. The van der Waals surface area contributed by atoms with E-state index in [1.807, 2.05) is 0 Å². The fraction of sp³-hybridized carbons (Fsp3) is 1.00. The Morgan fingerprint density at radius 1 is 1.38 bits per heavy atom. The number of rotatable bonds is 6. The van der Waals surface area contributed by atoms with Gasteiger partial charge in [-0.15, -0.1) is 0 Å². The van der Waals surface area contributed by atoms with Crippen molar-refractivity contribution in [3.8, 4) is 0 Å². The molecule has 0 heterocycles.